The zero-order valence-corrected chi connectivity index (χ0v) is 10.2. The van der Waals surface area contributed by atoms with Crippen molar-refractivity contribution in [2.75, 3.05) is 26.2 Å². The number of piperidine rings is 1. The largest absolute Gasteiger partial charge is 0.353 e. The molecule has 0 radical (unpaired) electrons. The molecular weight excluding hydrogens is 218 g/mol. The Kier molecular flexibility index (Phi) is 4.36. The van der Waals surface area contributed by atoms with Gasteiger partial charge in [0.2, 0.25) is 11.8 Å². The van der Waals surface area contributed by atoms with Gasteiger partial charge in [0.1, 0.15) is 0 Å². The van der Waals surface area contributed by atoms with Gasteiger partial charge >= 0.3 is 0 Å². The van der Waals surface area contributed by atoms with E-state index in [0.717, 1.165) is 32.4 Å². The van der Waals surface area contributed by atoms with Crippen LogP contribution in [-0.2, 0) is 9.59 Å². The Bertz CT molecular complexity index is 287. The average molecular weight is 239 g/mol. The van der Waals surface area contributed by atoms with Crippen molar-refractivity contribution in [2.45, 2.75) is 38.1 Å². The van der Waals surface area contributed by atoms with Gasteiger partial charge in [0.25, 0.3) is 0 Å². The Morgan fingerprint density at radius 3 is 3.00 bits per heavy atom. The molecule has 2 aliphatic rings. The molecule has 5 heteroatoms. The minimum atomic E-state index is -0.0334. The summed E-state index contributed by atoms with van der Waals surface area (Å²) in [4.78, 5) is 24.9. The predicted molar refractivity (Wildman–Crippen MR) is 64.5 cm³/mol. The zero-order valence-electron chi connectivity index (χ0n) is 10.2. The topological polar surface area (TPSA) is 61.4 Å². The highest BCUT2D eigenvalue weighted by Gasteiger charge is 2.21. The number of carbonyl (C=O) groups excluding carboxylic acids is 2. The van der Waals surface area contributed by atoms with E-state index in [1.54, 1.807) is 4.90 Å². The number of nitrogens with zero attached hydrogens (tertiary/aromatic N) is 1. The summed E-state index contributed by atoms with van der Waals surface area (Å²) >= 11 is 0. The third kappa shape index (κ3) is 3.70. The molecule has 2 saturated heterocycles. The van der Waals surface area contributed by atoms with Crippen LogP contribution >= 0.6 is 0 Å². The van der Waals surface area contributed by atoms with Gasteiger partial charge in [-0.2, -0.15) is 0 Å². The first-order valence-electron chi connectivity index (χ1n) is 6.53. The van der Waals surface area contributed by atoms with E-state index in [1.807, 2.05) is 0 Å². The van der Waals surface area contributed by atoms with Crippen LogP contribution in [0.1, 0.15) is 32.1 Å². The third-order valence-corrected chi connectivity index (χ3v) is 3.46. The molecule has 0 bridgehead atoms. The Labute approximate surface area is 102 Å². The molecule has 0 aliphatic carbocycles. The molecule has 2 rings (SSSR count). The summed E-state index contributed by atoms with van der Waals surface area (Å²) in [5.74, 6) is 0.0827. The van der Waals surface area contributed by atoms with E-state index in [4.69, 9.17) is 0 Å². The Morgan fingerprint density at radius 2 is 2.29 bits per heavy atom. The number of likely N-dealkylation sites (tertiary alicyclic amines) is 1. The van der Waals surface area contributed by atoms with Crippen molar-refractivity contribution in [1.29, 1.82) is 0 Å². The summed E-state index contributed by atoms with van der Waals surface area (Å²) in [5.41, 5.74) is 0. The van der Waals surface area contributed by atoms with E-state index in [1.165, 1.54) is 6.42 Å². The first-order chi connectivity index (χ1) is 8.25. The second-order valence-electron chi connectivity index (χ2n) is 4.87. The van der Waals surface area contributed by atoms with Gasteiger partial charge in [-0.1, -0.05) is 0 Å². The van der Waals surface area contributed by atoms with Crippen molar-refractivity contribution in [3.8, 4) is 0 Å². The fourth-order valence-corrected chi connectivity index (χ4v) is 2.43. The summed E-state index contributed by atoms with van der Waals surface area (Å²) in [7, 11) is 0. The van der Waals surface area contributed by atoms with Crippen molar-refractivity contribution in [2.24, 2.45) is 0 Å². The maximum Gasteiger partial charge on any atom is 0.239 e. The minimum Gasteiger partial charge on any atom is -0.353 e. The van der Waals surface area contributed by atoms with Crippen LogP contribution in [0.4, 0.5) is 0 Å². The summed E-state index contributed by atoms with van der Waals surface area (Å²) in [6.07, 6.45) is 4.89. The quantitative estimate of drug-likeness (QED) is 0.718. The molecule has 0 aromatic heterocycles. The van der Waals surface area contributed by atoms with Gasteiger partial charge in [-0.05, 0) is 32.2 Å². The van der Waals surface area contributed by atoms with Crippen molar-refractivity contribution >= 4 is 11.8 Å². The van der Waals surface area contributed by atoms with Crippen molar-refractivity contribution in [1.82, 2.24) is 15.5 Å². The highest BCUT2D eigenvalue weighted by molar-refractivity contribution is 5.85. The zero-order chi connectivity index (χ0) is 12.1. The molecule has 1 atom stereocenters. The standard InChI is InChI=1S/C12H21N3O2/c16-11(14-8-10-4-3-6-13-10)9-15-7-2-1-5-12(15)17/h10,13H,1-9H2,(H,14,16). The number of hydrogen-bond acceptors (Lipinski definition) is 3. The van der Waals surface area contributed by atoms with Crippen LogP contribution in [0.2, 0.25) is 0 Å². The van der Waals surface area contributed by atoms with Gasteiger partial charge in [0.15, 0.2) is 0 Å². The highest BCUT2D eigenvalue weighted by atomic mass is 16.2. The lowest BCUT2D eigenvalue weighted by atomic mass is 10.1. The molecule has 96 valence electrons. The molecular formula is C12H21N3O2. The first-order valence-corrected chi connectivity index (χ1v) is 6.53. The van der Waals surface area contributed by atoms with Gasteiger partial charge in [0.05, 0.1) is 6.54 Å². The predicted octanol–water partition coefficient (Wildman–Crippen LogP) is -0.133. The molecule has 1 unspecified atom stereocenters. The molecule has 17 heavy (non-hydrogen) atoms. The van der Waals surface area contributed by atoms with Crippen molar-refractivity contribution < 1.29 is 9.59 Å². The Morgan fingerprint density at radius 1 is 1.41 bits per heavy atom. The van der Waals surface area contributed by atoms with Crippen LogP contribution in [0.15, 0.2) is 0 Å². The second kappa shape index (κ2) is 6.00. The number of nitrogens with one attached hydrogen (secondary N) is 2. The molecule has 2 amide bonds. The number of carbonyl (C=O) groups is 2. The number of amides is 2. The maximum atomic E-state index is 11.7. The van der Waals surface area contributed by atoms with E-state index in [9.17, 15) is 9.59 Å². The molecule has 2 fully saturated rings. The molecule has 0 aromatic carbocycles. The van der Waals surface area contributed by atoms with Crippen LogP contribution in [0, 0.1) is 0 Å². The first kappa shape index (κ1) is 12.4. The lowest BCUT2D eigenvalue weighted by molar-refractivity contribution is -0.137. The van der Waals surface area contributed by atoms with E-state index < -0.39 is 0 Å². The molecule has 2 aliphatic heterocycles. The Hall–Kier alpha value is -1.10. The normalized spacial score (nSPS) is 25.1. The van der Waals surface area contributed by atoms with Crippen LogP contribution in [0.3, 0.4) is 0 Å². The fraction of sp³-hybridized carbons (Fsp3) is 0.833. The fourth-order valence-electron chi connectivity index (χ4n) is 2.43. The summed E-state index contributed by atoms with van der Waals surface area (Å²) in [6.45, 7) is 2.69. The summed E-state index contributed by atoms with van der Waals surface area (Å²) < 4.78 is 0. The SMILES string of the molecule is O=C(CN1CCCCC1=O)NCC1CCCN1. The van der Waals surface area contributed by atoms with E-state index in [0.29, 0.717) is 19.0 Å². The monoisotopic (exact) mass is 239 g/mol. The molecule has 5 nitrogen and oxygen atoms in total. The Balaban J connectivity index is 1.67. The average Bonchev–Trinajstić information content (AvgIpc) is 2.82. The summed E-state index contributed by atoms with van der Waals surface area (Å²) in [6, 6.07) is 0.413. The van der Waals surface area contributed by atoms with E-state index in [2.05, 4.69) is 10.6 Å². The van der Waals surface area contributed by atoms with Crippen LogP contribution in [0.25, 0.3) is 0 Å². The molecule has 2 N–H and O–H groups in total. The lowest BCUT2D eigenvalue weighted by Crippen LogP contribution is -2.45. The number of rotatable bonds is 4. The smallest absolute Gasteiger partial charge is 0.239 e. The van der Waals surface area contributed by atoms with Crippen molar-refractivity contribution in [3.05, 3.63) is 0 Å². The molecule has 0 aromatic rings. The molecule has 0 spiro atoms. The maximum absolute atomic E-state index is 11.7. The van der Waals surface area contributed by atoms with Gasteiger partial charge in [0, 0.05) is 25.6 Å². The van der Waals surface area contributed by atoms with Gasteiger partial charge in [-0.15, -0.1) is 0 Å². The highest BCUT2D eigenvalue weighted by Crippen LogP contribution is 2.09. The van der Waals surface area contributed by atoms with Crippen molar-refractivity contribution in [3.63, 3.8) is 0 Å². The van der Waals surface area contributed by atoms with E-state index in [-0.39, 0.29) is 18.4 Å². The van der Waals surface area contributed by atoms with Crippen LogP contribution in [-0.4, -0.2) is 48.9 Å². The number of hydrogen-bond donors (Lipinski definition) is 2. The summed E-state index contributed by atoms with van der Waals surface area (Å²) in [5, 5.41) is 6.23. The lowest BCUT2D eigenvalue weighted by Gasteiger charge is -2.26. The molecule has 0 saturated carbocycles. The van der Waals surface area contributed by atoms with Crippen LogP contribution < -0.4 is 10.6 Å². The van der Waals surface area contributed by atoms with E-state index >= 15 is 0 Å². The minimum absolute atomic E-state index is 0.0334. The van der Waals surface area contributed by atoms with Gasteiger partial charge < -0.3 is 15.5 Å². The van der Waals surface area contributed by atoms with Gasteiger partial charge in [-0.3, -0.25) is 9.59 Å². The molecule has 2 heterocycles. The van der Waals surface area contributed by atoms with Crippen LogP contribution in [0.5, 0.6) is 0 Å². The second-order valence-corrected chi connectivity index (χ2v) is 4.87. The van der Waals surface area contributed by atoms with Gasteiger partial charge in [-0.25, -0.2) is 0 Å². The third-order valence-electron chi connectivity index (χ3n) is 3.46.